The van der Waals surface area contributed by atoms with E-state index in [1.165, 1.54) is 11.1 Å². The molecule has 2 aromatic heterocycles. The Bertz CT molecular complexity index is 987. The normalized spacial score (nSPS) is 16.0. The van der Waals surface area contributed by atoms with Crippen LogP contribution in [0.1, 0.15) is 48.8 Å². The third kappa shape index (κ3) is 4.09. The van der Waals surface area contributed by atoms with Gasteiger partial charge in [-0.2, -0.15) is 5.10 Å². The number of carbonyl (C=O) groups excluding carboxylic acids is 1. The number of amides is 1. The first-order valence-corrected chi connectivity index (χ1v) is 10.4. The molecule has 29 heavy (non-hydrogen) atoms. The van der Waals surface area contributed by atoms with E-state index in [4.69, 9.17) is 4.98 Å². The van der Waals surface area contributed by atoms with Crippen LogP contribution >= 0.6 is 0 Å². The molecule has 5 heteroatoms. The molecule has 1 aliphatic rings. The fourth-order valence-electron chi connectivity index (χ4n) is 4.25. The van der Waals surface area contributed by atoms with Gasteiger partial charge in [-0.25, -0.2) is 0 Å². The minimum Gasteiger partial charge on any atom is -0.341 e. The van der Waals surface area contributed by atoms with E-state index in [1.807, 2.05) is 35.6 Å². The van der Waals surface area contributed by atoms with Crippen molar-refractivity contribution in [2.45, 2.75) is 45.6 Å². The Labute approximate surface area is 172 Å². The Balaban J connectivity index is 1.45. The lowest BCUT2D eigenvalue weighted by molar-refractivity contribution is -0.135. The Morgan fingerprint density at radius 1 is 1.03 bits per heavy atom. The predicted molar refractivity (Wildman–Crippen MR) is 115 cm³/mol. The minimum atomic E-state index is -0.261. The standard InChI is InChI=1S/C24H28N4O/c1-17-15-22(20-7-5-4-6-8-20)16-23(26-17)21-10-13-27(14-11-21)24(29)19(3)28-18(2)9-12-25-28/h4-9,12,15-16,19,21H,10-11,13-14H2,1-3H3. The van der Waals surface area contributed by atoms with Crippen LogP contribution in [0.15, 0.2) is 54.7 Å². The van der Waals surface area contributed by atoms with Gasteiger partial charge in [-0.15, -0.1) is 0 Å². The molecule has 1 atom stereocenters. The van der Waals surface area contributed by atoms with Crippen LogP contribution in [0.5, 0.6) is 0 Å². The molecule has 0 N–H and O–H groups in total. The summed E-state index contributed by atoms with van der Waals surface area (Å²) in [6.45, 7) is 7.51. The SMILES string of the molecule is Cc1cc(-c2ccccc2)cc(C2CCN(C(=O)C(C)n3nccc3C)CC2)n1. The minimum absolute atomic E-state index is 0.150. The van der Waals surface area contributed by atoms with Crippen molar-refractivity contribution in [2.24, 2.45) is 0 Å². The van der Waals surface area contributed by atoms with Gasteiger partial charge < -0.3 is 4.90 Å². The summed E-state index contributed by atoms with van der Waals surface area (Å²) in [5, 5.41) is 4.30. The zero-order valence-electron chi connectivity index (χ0n) is 17.4. The highest BCUT2D eigenvalue weighted by molar-refractivity contribution is 5.80. The van der Waals surface area contributed by atoms with Crippen LogP contribution in [0.4, 0.5) is 0 Å². The number of carbonyl (C=O) groups is 1. The number of nitrogens with zero attached hydrogens (tertiary/aromatic N) is 4. The average Bonchev–Trinajstić information content (AvgIpc) is 3.19. The van der Waals surface area contributed by atoms with E-state index >= 15 is 0 Å². The molecule has 0 aliphatic carbocycles. The Hall–Kier alpha value is -2.95. The zero-order chi connectivity index (χ0) is 20.4. The molecular formula is C24H28N4O. The summed E-state index contributed by atoms with van der Waals surface area (Å²) in [5.74, 6) is 0.542. The highest BCUT2D eigenvalue weighted by Crippen LogP contribution is 2.31. The van der Waals surface area contributed by atoms with Crippen molar-refractivity contribution in [3.05, 3.63) is 71.8 Å². The lowest BCUT2D eigenvalue weighted by Gasteiger charge is -2.33. The second-order valence-electron chi connectivity index (χ2n) is 7.98. The van der Waals surface area contributed by atoms with Crippen LogP contribution in [0.3, 0.4) is 0 Å². The summed E-state index contributed by atoms with van der Waals surface area (Å²) in [6.07, 6.45) is 3.64. The van der Waals surface area contributed by atoms with Crippen LogP contribution in [-0.2, 0) is 4.79 Å². The fourth-order valence-corrected chi connectivity index (χ4v) is 4.25. The summed E-state index contributed by atoms with van der Waals surface area (Å²) in [6, 6.07) is 16.5. The molecule has 0 radical (unpaired) electrons. The van der Waals surface area contributed by atoms with Crippen LogP contribution < -0.4 is 0 Å². The number of aromatic nitrogens is 3. The first-order valence-electron chi connectivity index (χ1n) is 10.4. The van der Waals surface area contributed by atoms with Gasteiger partial charge >= 0.3 is 0 Å². The lowest BCUT2D eigenvalue weighted by Crippen LogP contribution is -2.41. The van der Waals surface area contributed by atoms with Crippen LogP contribution in [0.2, 0.25) is 0 Å². The van der Waals surface area contributed by atoms with Gasteiger partial charge in [-0.3, -0.25) is 14.5 Å². The van der Waals surface area contributed by atoms with Crippen molar-refractivity contribution in [3.8, 4) is 11.1 Å². The molecule has 1 saturated heterocycles. The number of hydrogen-bond acceptors (Lipinski definition) is 3. The first kappa shape index (κ1) is 19.4. The molecule has 0 spiro atoms. The second-order valence-corrected chi connectivity index (χ2v) is 7.98. The molecule has 5 nitrogen and oxygen atoms in total. The van der Waals surface area contributed by atoms with Gasteiger partial charge in [0, 0.05) is 42.3 Å². The van der Waals surface area contributed by atoms with Gasteiger partial charge in [-0.1, -0.05) is 30.3 Å². The maximum Gasteiger partial charge on any atom is 0.247 e. The smallest absolute Gasteiger partial charge is 0.247 e. The van der Waals surface area contributed by atoms with Gasteiger partial charge in [0.25, 0.3) is 0 Å². The molecule has 1 fully saturated rings. The molecule has 4 rings (SSSR count). The van der Waals surface area contributed by atoms with Crippen molar-refractivity contribution in [1.82, 2.24) is 19.7 Å². The van der Waals surface area contributed by atoms with Gasteiger partial charge in [0.1, 0.15) is 6.04 Å². The van der Waals surface area contributed by atoms with E-state index in [9.17, 15) is 4.79 Å². The van der Waals surface area contributed by atoms with Crippen molar-refractivity contribution in [3.63, 3.8) is 0 Å². The van der Waals surface area contributed by atoms with Crippen LogP contribution in [-0.4, -0.2) is 38.7 Å². The highest BCUT2D eigenvalue weighted by Gasteiger charge is 2.29. The van der Waals surface area contributed by atoms with Crippen LogP contribution in [0.25, 0.3) is 11.1 Å². The third-order valence-electron chi connectivity index (χ3n) is 5.90. The summed E-state index contributed by atoms with van der Waals surface area (Å²) in [5.41, 5.74) is 5.64. The Morgan fingerprint density at radius 2 is 1.76 bits per heavy atom. The second kappa shape index (κ2) is 8.19. The molecule has 150 valence electrons. The maximum absolute atomic E-state index is 12.9. The number of piperidine rings is 1. The molecule has 0 saturated carbocycles. The van der Waals surface area contributed by atoms with E-state index in [0.717, 1.165) is 43.0 Å². The number of pyridine rings is 1. The van der Waals surface area contributed by atoms with E-state index in [1.54, 1.807) is 6.20 Å². The highest BCUT2D eigenvalue weighted by atomic mass is 16.2. The summed E-state index contributed by atoms with van der Waals surface area (Å²) < 4.78 is 1.81. The molecule has 3 aromatic rings. The number of likely N-dealkylation sites (tertiary alicyclic amines) is 1. The number of benzene rings is 1. The largest absolute Gasteiger partial charge is 0.341 e. The predicted octanol–water partition coefficient (Wildman–Crippen LogP) is 4.53. The maximum atomic E-state index is 12.9. The Morgan fingerprint density at radius 3 is 2.41 bits per heavy atom. The molecule has 1 amide bonds. The number of hydrogen-bond donors (Lipinski definition) is 0. The molecule has 0 bridgehead atoms. The quantitative estimate of drug-likeness (QED) is 0.660. The molecule has 1 aromatic carbocycles. The topological polar surface area (TPSA) is 51.0 Å². The summed E-state index contributed by atoms with van der Waals surface area (Å²) in [4.78, 5) is 19.7. The van der Waals surface area contributed by atoms with Gasteiger partial charge in [0.05, 0.1) is 0 Å². The van der Waals surface area contributed by atoms with E-state index in [0.29, 0.717) is 5.92 Å². The van der Waals surface area contributed by atoms with Crippen molar-refractivity contribution in [2.75, 3.05) is 13.1 Å². The Kier molecular flexibility index (Phi) is 5.47. The molecular weight excluding hydrogens is 360 g/mol. The van der Waals surface area contributed by atoms with Crippen molar-refractivity contribution in [1.29, 1.82) is 0 Å². The monoisotopic (exact) mass is 388 g/mol. The van der Waals surface area contributed by atoms with Gasteiger partial charge in [0.2, 0.25) is 5.91 Å². The van der Waals surface area contributed by atoms with E-state index in [2.05, 4.69) is 48.4 Å². The zero-order valence-corrected chi connectivity index (χ0v) is 17.4. The first-order chi connectivity index (χ1) is 14.0. The van der Waals surface area contributed by atoms with Gasteiger partial charge in [-0.05, 0) is 62.9 Å². The lowest BCUT2D eigenvalue weighted by atomic mass is 9.91. The average molecular weight is 389 g/mol. The number of rotatable bonds is 4. The van der Waals surface area contributed by atoms with Crippen molar-refractivity contribution >= 4 is 5.91 Å². The van der Waals surface area contributed by atoms with Crippen LogP contribution in [0, 0.1) is 13.8 Å². The molecule has 1 unspecified atom stereocenters. The van der Waals surface area contributed by atoms with Crippen molar-refractivity contribution < 1.29 is 4.79 Å². The molecule has 1 aliphatic heterocycles. The molecule has 3 heterocycles. The number of aryl methyl sites for hydroxylation is 2. The van der Waals surface area contributed by atoms with E-state index in [-0.39, 0.29) is 11.9 Å². The third-order valence-corrected chi connectivity index (χ3v) is 5.90. The van der Waals surface area contributed by atoms with E-state index < -0.39 is 0 Å². The fraction of sp³-hybridized carbons (Fsp3) is 0.375. The summed E-state index contributed by atoms with van der Waals surface area (Å²) in [7, 11) is 0. The summed E-state index contributed by atoms with van der Waals surface area (Å²) >= 11 is 0. The van der Waals surface area contributed by atoms with Gasteiger partial charge in [0.15, 0.2) is 0 Å².